The second-order valence-electron chi connectivity index (χ2n) is 11.3. The molecule has 2 aliphatic carbocycles. The number of aryl methyl sites for hydroxylation is 2. The van der Waals surface area contributed by atoms with Crippen LogP contribution in [0.25, 0.3) is 11.1 Å². The Balaban J connectivity index is 1.43. The molecule has 0 N–H and O–H groups in total. The van der Waals surface area contributed by atoms with Crippen molar-refractivity contribution < 1.29 is 0 Å². The van der Waals surface area contributed by atoms with Crippen LogP contribution in [0.4, 0.5) is 0 Å². The summed E-state index contributed by atoms with van der Waals surface area (Å²) in [5, 5.41) is 0. The van der Waals surface area contributed by atoms with Gasteiger partial charge in [-0.2, -0.15) is 0 Å². The normalized spacial score (nSPS) is 22.9. The van der Waals surface area contributed by atoms with Crippen molar-refractivity contribution >= 4 is 22.6 Å². The lowest BCUT2D eigenvalue weighted by molar-refractivity contribution is 0.870. The van der Waals surface area contributed by atoms with E-state index in [1.165, 1.54) is 55.7 Å². The first kappa shape index (κ1) is 24.5. The highest BCUT2D eigenvalue weighted by Gasteiger charge is 2.28. The molecule has 2 heteroatoms. The summed E-state index contributed by atoms with van der Waals surface area (Å²) in [7, 11) is 0. The van der Waals surface area contributed by atoms with E-state index < -0.39 is 0 Å². The van der Waals surface area contributed by atoms with Gasteiger partial charge in [0.25, 0.3) is 0 Å². The summed E-state index contributed by atoms with van der Waals surface area (Å²) >= 11 is 0. The van der Waals surface area contributed by atoms with Crippen LogP contribution < -0.4 is 0 Å². The van der Waals surface area contributed by atoms with Crippen molar-refractivity contribution in [3.63, 3.8) is 0 Å². The first-order valence-electron chi connectivity index (χ1n) is 14.1. The van der Waals surface area contributed by atoms with Crippen LogP contribution in [0.15, 0.2) is 153 Å². The van der Waals surface area contributed by atoms with Gasteiger partial charge in [0.15, 0.2) is 0 Å². The minimum atomic E-state index is 0.232. The van der Waals surface area contributed by atoms with Crippen LogP contribution in [0.3, 0.4) is 0 Å². The van der Waals surface area contributed by atoms with E-state index in [0.29, 0.717) is 0 Å². The van der Waals surface area contributed by atoms with Crippen LogP contribution in [0.5, 0.6) is 0 Å². The summed E-state index contributed by atoms with van der Waals surface area (Å²) in [6.07, 6.45) is 22.2. The molecule has 7 rings (SSSR count). The number of fused-ring (bicyclic) bond motifs is 6. The summed E-state index contributed by atoms with van der Waals surface area (Å²) in [6.45, 7) is 8.85. The van der Waals surface area contributed by atoms with Crippen LogP contribution in [0, 0.1) is 25.7 Å². The first-order valence-corrected chi connectivity index (χ1v) is 14.1. The zero-order valence-corrected chi connectivity index (χ0v) is 23.4. The zero-order valence-electron chi connectivity index (χ0n) is 23.4. The molecule has 2 aromatic carbocycles. The fraction of sp³-hybridized carbons (Fsp3) is 0.158. The molecule has 0 saturated carbocycles. The van der Waals surface area contributed by atoms with Crippen molar-refractivity contribution in [3.05, 3.63) is 165 Å². The van der Waals surface area contributed by atoms with Gasteiger partial charge in [-0.15, -0.1) is 0 Å². The quantitative estimate of drug-likeness (QED) is 0.380. The molecule has 40 heavy (non-hydrogen) atoms. The lowest BCUT2D eigenvalue weighted by atomic mass is 9.86. The minimum Gasteiger partial charge on any atom is -0.248 e. The van der Waals surface area contributed by atoms with E-state index in [4.69, 9.17) is 9.98 Å². The molecular formula is C38H32N2. The van der Waals surface area contributed by atoms with Gasteiger partial charge < -0.3 is 0 Å². The zero-order chi connectivity index (χ0) is 27.4. The average Bonchev–Trinajstić information content (AvgIpc) is 3.75. The number of aliphatic imine (C=N–C) groups is 2. The van der Waals surface area contributed by atoms with Gasteiger partial charge in [-0.1, -0.05) is 97.8 Å². The van der Waals surface area contributed by atoms with Gasteiger partial charge in [-0.05, 0) is 83.7 Å². The molecular weight excluding hydrogens is 484 g/mol. The third kappa shape index (κ3) is 4.21. The maximum absolute atomic E-state index is 5.17. The maximum atomic E-state index is 5.17. The van der Waals surface area contributed by atoms with E-state index in [0.717, 1.165) is 22.8 Å². The number of hydrogen-bond acceptors (Lipinski definition) is 2. The largest absolute Gasteiger partial charge is 0.248 e. The molecule has 2 nitrogen and oxygen atoms in total. The van der Waals surface area contributed by atoms with Crippen molar-refractivity contribution in [2.45, 2.75) is 27.7 Å². The summed E-state index contributed by atoms with van der Waals surface area (Å²) in [5.74, 6) is 0.464. The molecule has 2 unspecified atom stereocenters. The lowest BCUT2D eigenvalue weighted by Crippen LogP contribution is -2.06. The summed E-state index contributed by atoms with van der Waals surface area (Å²) in [4.78, 5) is 10.3. The molecule has 0 saturated heterocycles. The molecule has 5 aliphatic rings. The van der Waals surface area contributed by atoms with Crippen LogP contribution in [-0.2, 0) is 0 Å². The molecule has 194 valence electrons. The van der Waals surface area contributed by atoms with Gasteiger partial charge >= 0.3 is 0 Å². The highest BCUT2D eigenvalue weighted by Crippen LogP contribution is 2.42. The Morgan fingerprint density at radius 1 is 0.575 bits per heavy atom. The summed E-state index contributed by atoms with van der Waals surface area (Å²) < 4.78 is 0. The monoisotopic (exact) mass is 516 g/mol. The average molecular weight is 517 g/mol. The fourth-order valence-corrected chi connectivity index (χ4v) is 6.16. The third-order valence-corrected chi connectivity index (χ3v) is 8.57. The van der Waals surface area contributed by atoms with Crippen molar-refractivity contribution in [1.82, 2.24) is 0 Å². The number of hydrogen-bond donors (Lipinski definition) is 0. The Kier molecular flexibility index (Phi) is 5.86. The van der Waals surface area contributed by atoms with Crippen LogP contribution in [0.2, 0.25) is 0 Å². The lowest BCUT2D eigenvalue weighted by Gasteiger charge is -2.18. The Labute approximate surface area is 237 Å². The molecule has 3 heterocycles. The van der Waals surface area contributed by atoms with Gasteiger partial charge in [-0.3, -0.25) is 0 Å². The molecule has 3 aliphatic heterocycles. The molecule has 0 spiro atoms. The van der Waals surface area contributed by atoms with Crippen molar-refractivity contribution in [1.29, 1.82) is 0 Å². The molecule has 0 aromatic heterocycles. The van der Waals surface area contributed by atoms with Crippen LogP contribution in [-0.4, -0.2) is 11.4 Å². The van der Waals surface area contributed by atoms with Crippen molar-refractivity contribution in [2.24, 2.45) is 21.8 Å². The second kappa shape index (κ2) is 9.57. The van der Waals surface area contributed by atoms with Gasteiger partial charge in [0.2, 0.25) is 0 Å². The van der Waals surface area contributed by atoms with Gasteiger partial charge in [0.1, 0.15) is 0 Å². The highest BCUT2D eigenvalue weighted by atomic mass is 14.8. The van der Waals surface area contributed by atoms with E-state index >= 15 is 0 Å². The number of nitrogens with zero attached hydrogens (tertiary/aromatic N) is 2. The first-order chi connectivity index (χ1) is 19.4. The predicted octanol–water partition coefficient (Wildman–Crippen LogP) is 9.02. The van der Waals surface area contributed by atoms with E-state index in [9.17, 15) is 0 Å². The molecule has 8 bridgehead atoms. The SMILES string of the molecule is Cc1ccc(C2=C3C=CC(=N3)C=C3C=CC(=C(c4ccc(C)cc4)C4=NC(=CC5=CC=C2C5C)C=C4)C3C)cc1. The topological polar surface area (TPSA) is 24.7 Å². The standard InChI is InChI=1S/C38H32N2/c1-23-5-9-27(10-6-23)37-33-17-13-29(25(33)3)21-32-16-20-36(40-32)38(28-11-7-24(2)8-12-28)34-18-14-30(26(34)4)22-31-15-19-35(37)39-31/h5-22,25-26H,1-4H3. The second-order valence-corrected chi connectivity index (χ2v) is 11.3. The Morgan fingerprint density at radius 2 is 1.27 bits per heavy atom. The van der Waals surface area contributed by atoms with E-state index in [1.54, 1.807) is 0 Å². The maximum Gasteiger partial charge on any atom is 0.0719 e. The third-order valence-electron chi connectivity index (χ3n) is 8.57. The number of rotatable bonds is 2. The van der Waals surface area contributed by atoms with Gasteiger partial charge in [0, 0.05) is 23.0 Å². The van der Waals surface area contributed by atoms with E-state index in [1.807, 2.05) is 0 Å². The molecule has 2 aromatic rings. The van der Waals surface area contributed by atoms with Crippen molar-refractivity contribution in [2.75, 3.05) is 0 Å². The van der Waals surface area contributed by atoms with Gasteiger partial charge in [0.05, 0.1) is 22.8 Å². The fourth-order valence-electron chi connectivity index (χ4n) is 6.16. The summed E-state index contributed by atoms with van der Waals surface area (Å²) in [6, 6.07) is 17.6. The molecule has 0 fully saturated rings. The minimum absolute atomic E-state index is 0.232. The Bertz CT molecular complexity index is 1780. The summed E-state index contributed by atoms with van der Waals surface area (Å²) in [5.41, 5.74) is 16.5. The molecule has 2 atom stereocenters. The van der Waals surface area contributed by atoms with E-state index in [-0.39, 0.29) is 11.8 Å². The van der Waals surface area contributed by atoms with E-state index in [2.05, 4.69) is 137 Å². The van der Waals surface area contributed by atoms with Crippen LogP contribution >= 0.6 is 0 Å². The van der Waals surface area contributed by atoms with Crippen molar-refractivity contribution in [3.8, 4) is 0 Å². The van der Waals surface area contributed by atoms with Crippen LogP contribution in [0.1, 0.15) is 36.1 Å². The number of benzene rings is 2. The highest BCUT2D eigenvalue weighted by molar-refractivity contribution is 6.32. The molecule has 0 amide bonds. The smallest absolute Gasteiger partial charge is 0.0719 e. The number of allylic oxidation sites excluding steroid dienone is 16. The molecule has 0 radical (unpaired) electrons. The van der Waals surface area contributed by atoms with Gasteiger partial charge in [-0.25, -0.2) is 9.98 Å². The Morgan fingerprint density at radius 3 is 2.00 bits per heavy atom. The Hall–Kier alpha value is -4.56. The predicted molar refractivity (Wildman–Crippen MR) is 169 cm³/mol.